The number of carbonyl (C=O) groups is 2. The van der Waals surface area contributed by atoms with Crippen LogP contribution in [0, 0.1) is 20.2 Å². The summed E-state index contributed by atoms with van der Waals surface area (Å²) in [5.41, 5.74) is 0.658. The minimum atomic E-state index is -0.533. The lowest BCUT2D eigenvalue weighted by molar-refractivity contribution is -0.384. The lowest BCUT2D eigenvalue weighted by atomic mass is 10.1. The highest BCUT2D eigenvalue weighted by atomic mass is 32.2. The molecule has 2 amide bonds. The lowest BCUT2D eigenvalue weighted by Gasteiger charge is -2.12. The smallest absolute Gasteiger partial charge is 0.293 e. The standard InChI is InChI=1S/C21H13N3O7S/c25-20-19(32-21(26)22(20)12-13-5-7-14(8-6-13)23(27)28)11-15-9-10-18(31-15)16-3-1-2-4-17(16)24(29)30/h1-11H,12H2/b19-11+. The van der Waals surface area contributed by atoms with Gasteiger partial charge in [-0.05, 0) is 35.5 Å². The van der Waals surface area contributed by atoms with Crippen molar-refractivity contribution < 1.29 is 23.9 Å². The first-order valence-electron chi connectivity index (χ1n) is 9.16. The average Bonchev–Trinajstić information content (AvgIpc) is 3.34. The molecule has 32 heavy (non-hydrogen) atoms. The van der Waals surface area contributed by atoms with E-state index in [2.05, 4.69) is 0 Å². The van der Waals surface area contributed by atoms with E-state index < -0.39 is 21.0 Å². The number of carbonyl (C=O) groups excluding carboxylic acids is 2. The Labute approximate surface area is 184 Å². The number of non-ortho nitro benzene ring substituents is 1. The predicted molar refractivity (Wildman–Crippen MR) is 115 cm³/mol. The first-order valence-corrected chi connectivity index (χ1v) is 9.97. The Morgan fingerprint density at radius 2 is 1.66 bits per heavy atom. The molecule has 1 aliphatic rings. The molecule has 1 fully saturated rings. The molecule has 2 heterocycles. The summed E-state index contributed by atoms with van der Waals surface area (Å²) in [4.78, 5) is 47.1. The Kier molecular flexibility index (Phi) is 5.56. The largest absolute Gasteiger partial charge is 0.456 e. The van der Waals surface area contributed by atoms with Crippen LogP contribution in [0.2, 0.25) is 0 Å². The molecule has 11 heteroatoms. The van der Waals surface area contributed by atoms with E-state index in [4.69, 9.17) is 4.42 Å². The van der Waals surface area contributed by atoms with Crippen molar-refractivity contribution in [3.63, 3.8) is 0 Å². The molecule has 0 unspecified atom stereocenters. The first-order chi connectivity index (χ1) is 15.3. The van der Waals surface area contributed by atoms with E-state index in [9.17, 15) is 29.8 Å². The van der Waals surface area contributed by atoms with Crippen LogP contribution in [0.25, 0.3) is 17.4 Å². The molecule has 0 radical (unpaired) electrons. The third-order valence-electron chi connectivity index (χ3n) is 4.63. The van der Waals surface area contributed by atoms with Gasteiger partial charge in [0.25, 0.3) is 22.5 Å². The van der Waals surface area contributed by atoms with Gasteiger partial charge in [-0.25, -0.2) is 0 Å². The Bertz CT molecular complexity index is 1280. The number of thioether (sulfide) groups is 1. The summed E-state index contributed by atoms with van der Waals surface area (Å²) in [5, 5.41) is 21.5. The number of nitro groups is 2. The summed E-state index contributed by atoms with van der Waals surface area (Å²) in [5.74, 6) is -0.00496. The number of nitrogens with zero attached hydrogens (tertiary/aromatic N) is 3. The molecular weight excluding hydrogens is 438 g/mol. The monoisotopic (exact) mass is 451 g/mol. The van der Waals surface area contributed by atoms with Crippen LogP contribution in [0.4, 0.5) is 16.2 Å². The quantitative estimate of drug-likeness (QED) is 0.290. The van der Waals surface area contributed by atoms with Crippen molar-refractivity contribution in [1.82, 2.24) is 4.90 Å². The maximum atomic E-state index is 12.7. The number of rotatable bonds is 6. The van der Waals surface area contributed by atoms with Gasteiger partial charge in [0.15, 0.2) is 0 Å². The van der Waals surface area contributed by atoms with Gasteiger partial charge in [0.05, 0.1) is 26.9 Å². The van der Waals surface area contributed by atoms with Gasteiger partial charge in [-0.3, -0.25) is 34.7 Å². The highest BCUT2D eigenvalue weighted by Crippen LogP contribution is 2.35. The van der Waals surface area contributed by atoms with Crippen LogP contribution in [0.1, 0.15) is 11.3 Å². The Morgan fingerprint density at radius 3 is 2.34 bits per heavy atom. The highest BCUT2D eigenvalue weighted by Gasteiger charge is 2.35. The number of amides is 2. The highest BCUT2D eigenvalue weighted by molar-refractivity contribution is 8.18. The van der Waals surface area contributed by atoms with Gasteiger partial charge in [0, 0.05) is 24.3 Å². The summed E-state index contributed by atoms with van der Waals surface area (Å²) < 4.78 is 5.66. The molecule has 0 saturated carbocycles. The zero-order chi connectivity index (χ0) is 22.8. The van der Waals surface area contributed by atoms with Crippen molar-refractivity contribution in [3.05, 3.63) is 97.1 Å². The second kappa shape index (κ2) is 8.47. The predicted octanol–water partition coefficient (Wildman–Crippen LogP) is 5.00. The van der Waals surface area contributed by atoms with Gasteiger partial charge in [-0.15, -0.1) is 0 Å². The minimum absolute atomic E-state index is 0.0282. The summed E-state index contributed by atoms with van der Waals surface area (Å²) in [6, 6.07) is 14.8. The van der Waals surface area contributed by atoms with Gasteiger partial charge < -0.3 is 4.42 Å². The molecule has 2 aromatic carbocycles. The van der Waals surface area contributed by atoms with Gasteiger partial charge in [-0.1, -0.05) is 24.3 Å². The van der Waals surface area contributed by atoms with Gasteiger partial charge in [-0.2, -0.15) is 0 Å². The van der Waals surface area contributed by atoms with Crippen LogP contribution in [-0.4, -0.2) is 25.9 Å². The van der Waals surface area contributed by atoms with Crippen LogP contribution >= 0.6 is 11.8 Å². The molecule has 0 spiro atoms. The van der Waals surface area contributed by atoms with Crippen LogP contribution in [0.5, 0.6) is 0 Å². The van der Waals surface area contributed by atoms with Crippen molar-refractivity contribution in [2.24, 2.45) is 0 Å². The van der Waals surface area contributed by atoms with Crippen molar-refractivity contribution >= 4 is 40.4 Å². The third kappa shape index (κ3) is 4.14. The molecule has 0 atom stereocenters. The Hall–Kier alpha value is -4.25. The molecule has 1 aromatic heterocycles. The number of para-hydroxylation sites is 1. The fourth-order valence-corrected chi connectivity index (χ4v) is 3.91. The molecule has 4 rings (SSSR count). The molecule has 1 aliphatic heterocycles. The normalized spacial score (nSPS) is 14.9. The second-order valence-corrected chi connectivity index (χ2v) is 7.66. The van der Waals surface area contributed by atoms with Gasteiger partial charge >= 0.3 is 0 Å². The fourth-order valence-electron chi connectivity index (χ4n) is 3.09. The van der Waals surface area contributed by atoms with Crippen LogP contribution in [0.3, 0.4) is 0 Å². The number of hydrogen-bond donors (Lipinski definition) is 0. The molecule has 0 aliphatic carbocycles. The zero-order valence-electron chi connectivity index (χ0n) is 16.2. The van der Waals surface area contributed by atoms with E-state index in [0.717, 1.165) is 16.7 Å². The minimum Gasteiger partial charge on any atom is -0.456 e. The van der Waals surface area contributed by atoms with Crippen LogP contribution < -0.4 is 0 Å². The first kappa shape index (κ1) is 21.0. The van der Waals surface area contributed by atoms with E-state index in [1.807, 2.05) is 0 Å². The van der Waals surface area contributed by atoms with Crippen molar-refractivity contribution in [1.29, 1.82) is 0 Å². The van der Waals surface area contributed by atoms with E-state index in [1.165, 1.54) is 36.4 Å². The Morgan fingerprint density at radius 1 is 0.938 bits per heavy atom. The number of benzene rings is 2. The summed E-state index contributed by atoms with van der Waals surface area (Å²) >= 11 is 0.739. The number of nitro benzene ring substituents is 2. The van der Waals surface area contributed by atoms with E-state index >= 15 is 0 Å². The van der Waals surface area contributed by atoms with Gasteiger partial charge in [0.1, 0.15) is 11.5 Å². The van der Waals surface area contributed by atoms with Gasteiger partial charge in [0.2, 0.25) is 0 Å². The molecule has 1 saturated heterocycles. The summed E-state index contributed by atoms with van der Waals surface area (Å²) in [7, 11) is 0. The van der Waals surface area contributed by atoms with Crippen LogP contribution in [0.15, 0.2) is 70.0 Å². The fraction of sp³-hybridized carbons (Fsp3) is 0.0476. The third-order valence-corrected chi connectivity index (χ3v) is 5.54. The zero-order valence-corrected chi connectivity index (χ0v) is 17.0. The molecule has 160 valence electrons. The molecule has 3 aromatic rings. The molecule has 10 nitrogen and oxygen atoms in total. The van der Waals surface area contributed by atoms with Crippen molar-refractivity contribution in [3.8, 4) is 11.3 Å². The van der Waals surface area contributed by atoms with Crippen molar-refractivity contribution in [2.75, 3.05) is 0 Å². The van der Waals surface area contributed by atoms with E-state index in [1.54, 1.807) is 30.3 Å². The van der Waals surface area contributed by atoms with Crippen molar-refractivity contribution in [2.45, 2.75) is 6.54 Å². The van der Waals surface area contributed by atoms with E-state index in [0.29, 0.717) is 11.1 Å². The number of imide groups is 1. The van der Waals surface area contributed by atoms with E-state index in [-0.39, 0.29) is 34.3 Å². The average molecular weight is 451 g/mol. The Balaban J connectivity index is 1.54. The number of furan rings is 1. The SMILES string of the molecule is O=C1S/C(=C/c2ccc(-c3ccccc3[N+](=O)[O-])o2)C(=O)N1Cc1ccc([N+](=O)[O-])cc1. The maximum absolute atomic E-state index is 12.7. The molecular formula is C21H13N3O7S. The topological polar surface area (TPSA) is 137 Å². The van der Waals surface area contributed by atoms with Crippen LogP contribution in [-0.2, 0) is 11.3 Å². The number of hydrogen-bond acceptors (Lipinski definition) is 8. The lowest BCUT2D eigenvalue weighted by Crippen LogP contribution is -2.27. The molecule has 0 bridgehead atoms. The second-order valence-electron chi connectivity index (χ2n) is 6.67. The summed E-state index contributed by atoms with van der Waals surface area (Å²) in [6.45, 7) is -0.0282. The summed E-state index contributed by atoms with van der Waals surface area (Å²) in [6.07, 6.45) is 1.40. The maximum Gasteiger partial charge on any atom is 0.293 e. The molecule has 0 N–H and O–H groups in total.